The second-order valence-electron chi connectivity index (χ2n) is 4.94. The Kier molecular flexibility index (Phi) is 2.87. The van der Waals surface area contributed by atoms with Gasteiger partial charge in [-0.1, -0.05) is 0 Å². The van der Waals surface area contributed by atoms with Gasteiger partial charge in [-0.25, -0.2) is 9.97 Å². The molecule has 0 unspecified atom stereocenters. The maximum Gasteiger partial charge on any atom is 0.129 e. The van der Waals surface area contributed by atoms with Gasteiger partial charge in [0.25, 0.3) is 0 Å². The Morgan fingerprint density at radius 1 is 1.25 bits per heavy atom. The SMILES string of the molecule is c1nc(CCNC2CC2)nc2c1CCCC2. The zero-order valence-corrected chi connectivity index (χ0v) is 9.71. The molecule has 0 amide bonds. The summed E-state index contributed by atoms with van der Waals surface area (Å²) >= 11 is 0. The van der Waals surface area contributed by atoms with E-state index >= 15 is 0 Å². The smallest absolute Gasteiger partial charge is 0.129 e. The Balaban J connectivity index is 1.60. The van der Waals surface area contributed by atoms with Crippen LogP contribution in [-0.2, 0) is 19.3 Å². The number of aromatic nitrogens is 2. The molecule has 0 saturated heterocycles. The maximum atomic E-state index is 4.68. The zero-order chi connectivity index (χ0) is 10.8. The molecule has 86 valence electrons. The van der Waals surface area contributed by atoms with Crippen molar-refractivity contribution in [2.75, 3.05) is 6.54 Å². The summed E-state index contributed by atoms with van der Waals surface area (Å²) in [6.45, 7) is 1.03. The lowest BCUT2D eigenvalue weighted by Crippen LogP contribution is -2.20. The summed E-state index contributed by atoms with van der Waals surface area (Å²) in [7, 11) is 0. The van der Waals surface area contributed by atoms with Gasteiger partial charge in [0.1, 0.15) is 5.82 Å². The van der Waals surface area contributed by atoms with Crippen molar-refractivity contribution in [3.05, 3.63) is 23.3 Å². The van der Waals surface area contributed by atoms with Crippen LogP contribution in [0.4, 0.5) is 0 Å². The molecule has 3 rings (SSSR count). The van der Waals surface area contributed by atoms with Crippen molar-refractivity contribution in [1.29, 1.82) is 0 Å². The molecule has 1 fully saturated rings. The first-order chi connectivity index (χ1) is 7.92. The molecule has 3 nitrogen and oxygen atoms in total. The first kappa shape index (κ1) is 10.2. The lowest BCUT2D eigenvalue weighted by molar-refractivity contribution is 0.635. The highest BCUT2D eigenvalue weighted by Gasteiger charge is 2.20. The molecule has 0 aromatic carbocycles. The summed E-state index contributed by atoms with van der Waals surface area (Å²) in [6, 6.07) is 0.789. The van der Waals surface area contributed by atoms with Crippen LogP contribution >= 0.6 is 0 Å². The highest BCUT2D eigenvalue weighted by molar-refractivity contribution is 5.20. The zero-order valence-electron chi connectivity index (χ0n) is 9.71. The van der Waals surface area contributed by atoms with Gasteiger partial charge in [0.05, 0.1) is 0 Å². The molecule has 16 heavy (non-hydrogen) atoms. The molecular weight excluding hydrogens is 198 g/mol. The summed E-state index contributed by atoms with van der Waals surface area (Å²) in [4.78, 5) is 9.14. The third-order valence-electron chi connectivity index (χ3n) is 3.47. The van der Waals surface area contributed by atoms with Crippen molar-refractivity contribution in [2.24, 2.45) is 0 Å². The second-order valence-corrected chi connectivity index (χ2v) is 4.94. The Morgan fingerprint density at radius 2 is 2.12 bits per heavy atom. The van der Waals surface area contributed by atoms with E-state index in [1.54, 1.807) is 0 Å². The fourth-order valence-electron chi connectivity index (χ4n) is 2.31. The topological polar surface area (TPSA) is 37.8 Å². The predicted octanol–water partition coefficient (Wildman–Crippen LogP) is 1.65. The molecule has 2 aliphatic rings. The van der Waals surface area contributed by atoms with Crippen molar-refractivity contribution < 1.29 is 0 Å². The van der Waals surface area contributed by atoms with E-state index in [0.29, 0.717) is 0 Å². The number of hydrogen-bond donors (Lipinski definition) is 1. The fourth-order valence-corrected chi connectivity index (χ4v) is 2.31. The molecule has 2 aliphatic carbocycles. The largest absolute Gasteiger partial charge is 0.314 e. The van der Waals surface area contributed by atoms with Crippen molar-refractivity contribution in [2.45, 2.75) is 51.0 Å². The average Bonchev–Trinajstić information content (AvgIpc) is 3.13. The first-order valence-electron chi connectivity index (χ1n) is 6.49. The van der Waals surface area contributed by atoms with E-state index in [0.717, 1.165) is 31.3 Å². The van der Waals surface area contributed by atoms with Crippen LogP contribution in [0.15, 0.2) is 6.20 Å². The van der Waals surface area contributed by atoms with Gasteiger partial charge >= 0.3 is 0 Å². The second kappa shape index (κ2) is 4.50. The minimum Gasteiger partial charge on any atom is -0.314 e. The Hall–Kier alpha value is -0.960. The van der Waals surface area contributed by atoms with Gasteiger partial charge in [0.2, 0.25) is 0 Å². The molecule has 1 N–H and O–H groups in total. The Labute approximate surface area is 96.7 Å². The summed E-state index contributed by atoms with van der Waals surface area (Å²) in [5.41, 5.74) is 2.69. The quantitative estimate of drug-likeness (QED) is 0.833. The van der Waals surface area contributed by atoms with Crippen molar-refractivity contribution in [3.63, 3.8) is 0 Å². The minimum absolute atomic E-state index is 0.789. The molecule has 0 aliphatic heterocycles. The molecule has 1 aromatic rings. The number of nitrogens with one attached hydrogen (secondary N) is 1. The number of hydrogen-bond acceptors (Lipinski definition) is 3. The van der Waals surface area contributed by atoms with Crippen LogP contribution in [0.1, 0.15) is 42.8 Å². The summed E-state index contributed by atoms with van der Waals surface area (Å²) in [6.07, 6.45) is 10.7. The van der Waals surface area contributed by atoms with Crippen molar-refractivity contribution in [3.8, 4) is 0 Å². The lowest BCUT2D eigenvalue weighted by Gasteiger charge is -2.14. The summed E-state index contributed by atoms with van der Waals surface area (Å²) in [5.74, 6) is 1.02. The van der Waals surface area contributed by atoms with Crippen LogP contribution in [0.2, 0.25) is 0 Å². The Bertz CT molecular complexity index is 371. The molecule has 1 saturated carbocycles. The number of rotatable bonds is 4. The van der Waals surface area contributed by atoms with Gasteiger partial charge in [0.15, 0.2) is 0 Å². The van der Waals surface area contributed by atoms with Crippen LogP contribution in [-0.4, -0.2) is 22.6 Å². The molecule has 0 radical (unpaired) electrons. The van der Waals surface area contributed by atoms with Gasteiger partial charge in [-0.3, -0.25) is 0 Å². The van der Waals surface area contributed by atoms with Crippen molar-refractivity contribution in [1.82, 2.24) is 15.3 Å². The Morgan fingerprint density at radius 3 is 3.00 bits per heavy atom. The van der Waals surface area contributed by atoms with Crippen molar-refractivity contribution >= 4 is 0 Å². The highest BCUT2D eigenvalue weighted by atomic mass is 15.0. The predicted molar refractivity (Wildman–Crippen MR) is 63.4 cm³/mol. The van der Waals surface area contributed by atoms with Gasteiger partial charge < -0.3 is 5.32 Å². The van der Waals surface area contributed by atoms with Gasteiger partial charge in [-0.15, -0.1) is 0 Å². The van der Waals surface area contributed by atoms with E-state index in [9.17, 15) is 0 Å². The van der Waals surface area contributed by atoms with E-state index in [-0.39, 0.29) is 0 Å². The minimum atomic E-state index is 0.789. The van der Waals surface area contributed by atoms with Gasteiger partial charge in [0, 0.05) is 30.9 Å². The molecular formula is C13H19N3. The lowest BCUT2D eigenvalue weighted by atomic mass is 9.97. The summed E-state index contributed by atoms with van der Waals surface area (Å²) in [5, 5.41) is 3.51. The summed E-state index contributed by atoms with van der Waals surface area (Å²) < 4.78 is 0. The fraction of sp³-hybridized carbons (Fsp3) is 0.692. The molecule has 0 atom stereocenters. The normalized spacial score (nSPS) is 19.5. The van der Waals surface area contributed by atoms with E-state index in [1.165, 1.54) is 43.4 Å². The first-order valence-corrected chi connectivity index (χ1v) is 6.49. The molecule has 3 heteroatoms. The van der Waals surface area contributed by atoms with E-state index < -0.39 is 0 Å². The van der Waals surface area contributed by atoms with E-state index in [1.807, 2.05) is 6.20 Å². The standard InChI is InChI=1S/C13H19N3/c1-2-4-12-10(3-1)9-15-13(16-12)7-8-14-11-5-6-11/h9,11,14H,1-8H2. The molecule has 1 heterocycles. The molecule has 1 aromatic heterocycles. The number of aryl methyl sites for hydroxylation is 2. The van der Waals surface area contributed by atoms with Gasteiger partial charge in [-0.05, 0) is 44.1 Å². The van der Waals surface area contributed by atoms with Crippen LogP contribution in [0, 0.1) is 0 Å². The average molecular weight is 217 g/mol. The van der Waals surface area contributed by atoms with Crippen LogP contribution < -0.4 is 5.32 Å². The van der Waals surface area contributed by atoms with Gasteiger partial charge in [-0.2, -0.15) is 0 Å². The molecule has 0 bridgehead atoms. The van der Waals surface area contributed by atoms with E-state index in [4.69, 9.17) is 0 Å². The van der Waals surface area contributed by atoms with E-state index in [2.05, 4.69) is 15.3 Å². The monoisotopic (exact) mass is 217 g/mol. The maximum absolute atomic E-state index is 4.68. The third kappa shape index (κ3) is 2.40. The van der Waals surface area contributed by atoms with Crippen LogP contribution in [0.5, 0.6) is 0 Å². The number of fused-ring (bicyclic) bond motifs is 1. The highest BCUT2D eigenvalue weighted by Crippen LogP contribution is 2.19. The number of nitrogens with zero attached hydrogens (tertiary/aromatic N) is 2. The third-order valence-corrected chi connectivity index (χ3v) is 3.47. The molecule has 0 spiro atoms. The van der Waals surface area contributed by atoms with Crippen LogP contribution in [0.3, 0.4) is 0 Å². The van der Waals surface area contributed by atoms with Crippen LogP contribution in [0.25, 0.3) is 0 Å².